The molecule has 0 aromatic rings. The Bertz CT molecular complexity index is 147. The first-order valence-corrected chi connectivity index (χ1v) is 6.71. The lowest BCUT2D eigenvalue weighted by atomic mass is 9.72. The molecule has 14 heavy (non-hydrogen) atoms. The fourth-order valence-electron chi connectivity index (χ4n) is 3.19. The molecule has 2 fully saturated rings. The van der Waals surface area contributed by atoms with E-state index < -0.39 is 0 Å². The van der Waals surface area contributed by atoms with Crippen molar-refractivity contribution < 1.29 is 0 Å². The standard InChI is InChI=1S/C12H23NS/c13-11-5-1-9(2-6-11)10-3-7-12(14)8-4-10/h9-12,14H,1-8,13H2. The van der Waals surface area contributed by atoms with Gasteiger partial charge in [-0.3, -0.25) is 0 Å². The molecule has 0 amide bonds. The van der Waals surface area contributed by atoms with Gasteiger partial charge in [0.25, 0.3) is 0 Å². The van der Waals surface area contributed by atoms with Crippen molar-refractivity contribution in [1.82, 2.24) is 0 Å². The fraction of sp³-hybridized carbons (Fsp3) is 1.00. The van der Waals surface area contributed by atoms with Gasteiger partial charge in [0, 0.05) is 11.3 Å². The molecule has 1 nitrogen and oxygen atoms in total. The molecule has 2 rings (SSSR count). The Kier molecular flexibility index (Phi) is 3.78. The molecule has 0 aromatic heterocycles. The summed E-state index contributed by atoms with van der Waals surface area (Å²) in [6.07, 6.45) is 10.9. The van der Waals surface area contributed by atoms with Gasteiger partial charge in [0.05, 0.1) is 0 Å². The molecule has 2 heteroatoms. The lowest BCUT2D eigenvalue weighted by molar-refractivity contribution is 0.189. The van der Waals surface area contributed by atoms with Crippen molar-refractivity contribution in [2.45, 2.75) is 62.7 Å². The maximum Gasteiger partial charge on any atom is 0.00390 e. The van der Waals surface area contributed by atoms with Crippen LogP contribution in [0.15, 0.2) is 0 Å². The van der Waals surface area contributed by atoms with Crippen LogP contribution >= 0.6 is 12.6 Å². The van der Waals surface area contributed by atoms with Gasteiger partial charge in [0.15, 0.2) is 0 Å². The Morgan fingerprint density at radius 3 is 1.64 bits per heavy atom. The van der Waals surface area contributed by atoms with Gasteiger partial charge in [0.2, 0.25) is 0 Å². The van der Waals surface area contributed by atoms with Crippen molar-refractivity contribution in [2.24, 2.45) is 17.6 Å². The molecule has 0 aromatic carbocycles. The highest BCUT2D eigenvalue weighted by atomic mass is 32.1. The number of thiol groups is 1. The molecule has 0 atom stereocenters. The largest absolute Gasteiger partial charge is 0.328 e. The molecular weight excluding hydrogens is 190 g/mol. The minimum atomic E-state index is 0.507. The molecule has 0 aliphatic heterocycles. The van der Waals surface area contributed by atoms with E-state index >= 15 is 0 Å². The average molecular weight is 213 g/mol. The van der Waals surface area contributed by atoms with Crippen molar-refractivity contribution >= 4 is 12.6 Å². The molecule has 0 radical (unpaired) electrons. The van der Waals surface area contributed by atoms with E-state index in [1.165, 1.54) is 51.4 Å². The summed E-state index contributed by atoms with van der Waals surface area (Å²) >= 11 is 4.56. The summed E-state index contributed by atoms with van der Waals surface area (Å²) in [5.74, 6) is 2.00. The summed E-state index contributed by atoms with van der Waals surface area (Å²) in [7, 11) is 0. The number of rotatable bonds is 1. The SMILES string of the molecule is NC1CCC(C2CCC(S)CC2)CC1. The zero-order chi connectivity index (χ0) is 9.97. The van der Waals surface area contributed by atoms with Crippen molar-refractivity contribution in [3.63, 3.8) is 0 Å². The number of nitrogens with two attached hydrogens (primary N) is 1. The Labute approximate surface area is 93.2 Å². The lowest BCUT2D eigenvalue weighted by Crippen LogP contribution is -2.31. The van der Waals surface area contributed by atoms with Crippen LogP contribution in [0.2, 0.25) is 0 Å². The lowest BCUT2D eigenvalue weighted by Gasteiger charge is -2.36. The zero-order valence-electron chi connectivity index (χ0n) is 8.99. The molecule has 0 saturated heterocycles. The van der Waals surface area contributed by atoms with Gasteiger partial charge < -0.3 is 5.73 Å². The van der Waals surface area contributed by atoms with Gasteiger partial charge in [-0.05, 0) is 63.2 Å². The fourth-order valence-corrected chi connectivity index (χ4v) is 3.49. The van der Waals surface area contributed by atoms with Crippen molar-refractivity contribution in [1.29, 1.82) is 0 Å². The summed E-state index contributed by atoms with van der Waals surface area (Å²) < 4.78 is 0. The van der Waals surface area contributed by atoms with Crippen LogP contribution in [0.3, 0.4) is 0 Å². The van der Waals surface area contributed by atoms with Gasteiger partial charge in [-0.2, -0.15) is 12.6 Å². The van der Waals surface area contributed by atoms with Gasteiger partial charge in [-0.25, -0.2) is 0 Å². The van der Waals surface area contributed by atoms with Crippen LogP contribution in [0.1, 0.15) is 51.4 Å². The molecule has 0 heterocycles. The normalized spacial score (nSPS) is 45.0. The Morgan fingerprint density at radius 1 is 0.714 bits per heavy atom. The quantitative estimate of drug-likeness (QED) is 0.643. The van der Waals surface area contributed by atoms with Crippen LogP contribution in [0.25, 0.3) is 0 Å². The summed E-state index contributed by atoms with van der Waals surface area (Å²) in [5.41, 5.74) is 5.94. The molecule has 2 aliphatic rings. The Morgan fingerprint density at radius 2 is 1.14 bits per heavy atom. The number of hydrogen-bond acceptors (Lipinski definition) is 2. The van der Waals surface area contributed by atoms with Crippen LogP contribution in [-0.4, -0.2) is 11.3 Å². The van der Waals surface area contributed by atoms with Gasteiger partial charge in [-0.1, -0.05) is 0 Å². The molecule has 2 N–H and O–H groups in total. The Balaban J connectivity index is 1.78. The first-order valence-electron chi connectivity index (χ1n) is 6.19. The maximum atomic E-state index is 5.94. The van der Waals surface area contributed by atoms with Crippen LogP contribution in [0.4, 0.5) is 0 Å². The van der Waals surface area contributed by atoms with Crippen LogP contribution in [0.5, 0.6) is 0 Å². The van der Waals surface area contributed by atoms with E-state index in [4.69, 9.17) is 5.73 Å². The van der Waals surface area contributed by atoms with Gasteiger partial charge in [0.1, 0.15) is 0 Å². The Hall–Kier alpha value is 0.310. The van der Waals surface area contributed by atoms with Crippen molar-refractivity contribution in [3.8, 4) is 0 Å². The molecule has 0 bridgehead atoms. The summed E-state index contributed by atoms with van der Waals surface area (Å²) in [6.45, 7) is 0. The van der Waals surface area contributed by atoms with E-state index in [9.17, 15) is 0 Å². The third-order valence-corrected chi connectivity index (χ3v) is 4.74. The molecule has 0 spiro atoms. The van der Waals surface area contributed by atoms with Crippen molar-refractivity contribution in [3.05, 3.63) is 0 Å². The first kappa shape index (κ1) is 10.8. The highest BCUT2D eigenvalue weighted by Crippen LogP contribution is 2.38. The number of hydrogen-bond donors (Lipinski definition) is 2. The third-order valence-electron chi connectivity index (χ3n) is 4.22. The van der Waals surface area contributed by atoms with E-state index in [1.54, 1.807) is 0 Å². The van der Waals surface area contributed by atoms with Crippen molar-refractivity contribution in [2.75, 3.05) is 0 Å². The van der Waals surface area contributed by atoms with E-state index in [2.05, 4.69) is 12.6 Å². The van der Waals surface area contributed by atoms with Crippen LogP contribution < -0.4 is 5.73 Å². The first-order chi connectivity index (χ1) is 6.75. The second-order valence-electron chi connectivity index (χ2n) is 5.24. The van der Waals surface area contributed by atoms with E-state index in [0.29, 0.717) is 11.3 Å². The molecule has 2 saturated carbocycles. The molecule has 0 unspecified atom stereocenters. The molecule has 2 aliphatic carbocycles. The summed E-state index contributed by atoms with van der Waals surface area (Å²) in [5, 5.41) is 0.692. The smallest absolute Gasteiger partial charge is 0.00390 e. The average Bonchev–Trinajstić information content (AvgIpc) is 2.21. The minimum absolute atomic E-state index is 0.507. The topological polar surface area (TPSA) is 26.0 Å². The summed E-state index contributed by atoms with van der Waals surface area (Å²) in [4.78, 5) is 0. The predicted molar refractivity (Wildman–Crippen MR) is 64.7 cm³/mol. The van der Waals surface area contributed by atoms with Gasteiger partial charge >= 0.3 is 0 Å². The van der Waals surface area contributed by atoms with Gasteiger partial charge in [-0.15, -0.1) is 0 Å². The predicted octanol–water partition coefficient (Wildman–Crippen LogP) is 2.99. The monoisotopic (exact) mass is 213 g/mol. The third kappa shape index (κ3) is 2.66. The summed E-state index contributed by atoms with van der Waals surface area (Å²) in [6, 6.07) is 0.507. The molecular formula is C12H23NS. The second kappa shape index (κ2) is 4.89. The van der Waals surface area contributed by atoms with Crippen LogP contribution in [-0.2, 0) is 0 Å². The zero-order valence-corrected chi connectivity index (χ0v) is 9.89. The van der Waals surface area contributed by atoms with E-state index in [1.807, 2.05) is 0 Å². The van der Waals surface area contributed by atoms with E-state index in [-0.39, 0.29) is 0 Å². The maximum absolute atomic E-state index is 5.94. The van der Waals surface area contributed by atoms with E-state index in [0.717, 1.165) is 11.8 Å². The second-order valence-corrected chi connectivity index (χ2v) is 5.97. The highest BCUT2D eigenvalue weighted by molar-refractivity contribution is 7.80. The molecule has 82 valence electrons. The van der Waals surface area contributed by atoms with Crippen LogP contribution in [0, 0.1) is 11.8 Å². The minimum Gasteiger partial charge on any atom is -0.328 e. The highest BCUT2D eigenvalue weighted by Gasteiger charge is 2.28.